The fourth-order valence-corrected chi connectivity index (χ4v) is 3.11. The Morgan fingerprint density at radius 3 is 3.12 bits per heavy atom. The molecule has 1 fully saturated rings. The van der Waals surface area contributed by atoms with Crippen LogP contribution in [0.1, 0.15) is 12.0 Å². The Morgan fingerprint density at radius 1 is 1.56 bits per heavy atom. The molecular weight excluding hydrogens is 225 g/mol. The molecule has 3 rings (SSSR count). The van der Waals surface area contributed by atoms with Gasteiger partial charge >= 0.3 is 0 Å². The van der Waals surface area contributed by atoms with E-state index >= 15 is 0 Å². The number of rotatable bonds is 1. The second-order valence-electron chi connectivity index (χ2n) is 4.33. The standard InChI is InChI=1S/C12H14FNOS/c1-14-10-4-3-8(16-2)7-9(10)12(13)5-6-15-11(12)14/h3-4,7,11H,5-6H2,1-2H3/t11-,12+/m0/s1. The average molecular weight is 239 g/mol. The molecule has 0 N–H and O–H groups in total. The first-order valence-corrected chi connectivity index (χ1v) is 6.61. The summed E-state index contributed by atoms with van der Waals surface area (Å²) in [5.41, 5.74) is 0.449. The zero-order chi connectivity index (χ0) is 11.3. The van der Waals surface area contributed by atoms with E-state index in [1.165, 1.54) is 0 Å². The normalized spacial score (nSPS) is 31.7. The first-order valence-electron chi connectivity index (χ1n) is 5.39. The number of hydrogen-bond acceptors (Lipinski definition) is 3. The lowest BCUT2D eigenvalue weighted by molar-refractivity contribution is 0.0340. The maximum Gasteiger partial charge on any atom is 0.184 e. The zero-order valence-corrected chi connectivity index (χ0v) is 10.2. The van der Waals surface area contributed by atoms with Crippen LogP contribution < -0.4 is 4.90 Å². The number of nitrogens with zero attached hydrogens (tertiary/aromatic N) is 1. The smallest absolute Gasteiger partial charge is 0.184 e. The molecule has 1 aromatic carbocycles. The Bertz CT molecular complexity index is 439. The number of anilines is 1. The van der Waals surface area contributed by atoms with Gasteiger partial charge in [0.1, 0.15) is 0 Å². The van der Waals surface area contributed by atoms with Crippen LogP contribution in [0.15, 0.2) is 23.1 Å². The van der Waals surface area contributed by atoms with E-state index in [2.05, 4.69) is 0 Å². The second-order valence-corrected chi connectivity index (χ2v) is 5.21. The third kappa shape index (κ3) is 1.17. The molecule has 0 spiro atoms. The first-order chi connectivity index (χ1) is 7.66. The molecule has 0 aliphatic carbocycles. The topological polar surface area (TPSA) is 12.5 Å². The minimum absolute atomic E-state index is 0.431. The fourth-order valence-electron chi connectivity index (χ4n) is 2.67. The van der Waals surface area contributed by atoms with E-state index in [0.29, 0.717) is 13.0 Å². The Morgan fingerprint density at radius 2 is 2.38 bits per heavy atom. The summed E-state index contributed by atoms with van der Waals surface area (Å²) in [4.78, 5) is 3.02. The molecule has 2 nitrogen and oxygen atoms in total. The lowest BCUT2D eigenvalue weighted by atomic mass is 9.95. The highest BCUT2D eigenvalue weighted by Crippen LogP contribution is 2.52. The van der Waals surface area contributed by atoms with Gasteiger partial charge in [-0.3, -0.25) is 0 Å². The fraction of sp³-hybridized carbons (Fsp3) is 0.500. The minimum atomic E-state index is -1.31. The van der Waals surface area contributed by atoms with E-state index in [9.17, 15) is 4.39 Å². The van der Waals surface area contributed by atoms with Crippen LogP contribution in [0.2, 0.25) is 0 Å². The molecule has 2 atom stereocenters. The van der Waals surface area contributed by atoms with Gasteiger partial charge in [0.25, 0.3) is 0 Å². The largest absolute Gasteiger partial charge is 0.354 e. The molecule has 0 saturated carbocycles. The van der Waals surface area contributed by atoms with Crippen molar-refractivity contribution in [2.75, 3.05) is 24.8 Å². The van der Waals surface area contributed by atoms with Gasteiger partial charge in [-0.25, -0.2) is 4.39 Å². The van der Waals surface area contributed by atoms with Crippen molar-refractivity contribution in [3.63, 3.8) is 0 Å². The van der Waals surface area contributed by atoms with Crippen LogP contribution in [0.3, 0.4) is 0 Å². The van der Waals surface area contributed by atoms with Crippen molar-refractivity contribution in [2.45, 2.75) is 23.2 Å². The van der Waals surface area contributed by atoms with Crippen molar-refractivity contribution < 1.29 is 9.13 Å². The van der Waals surface area contributed by atoms with Crippen LogP contribution in [0.5, 0.6) is 0 Å². The molecule has 0 unspecified atom stereocenters. The predicted octanol–water partition coefficient (Wildman–Crippen LogP) is 2.77. The van der Waals surface area contributed by atoms with Gasteiger partial charge in [-0.15, -0.1) is 11.8 Å². The van der Waals surface area contributed by atoms with Crippen molar-refractivity contribution in [3.8, 4) is 0 Å². The Balaban J connectivity index is 2.16. The van der Waals surface area contributed by atoms with E-state index in [0.717, 1.165) is 16.1 Å². The number of benzene rings is 1. The number of ether oxygens (including phenoxy) is 1. The van der Waals surface area contributed by atoms with E-state index < -0.39 is 11.9 Å². The quantitative estimate of drug-likeness (QED) is 0.699. The van der Waals surface area contributed by atoms with Crippen molar-refractivity contribution in [2.24, 2.45) is 0 Å². The molecule has 4 heteroatoms. The van der Waals surface area contributed by atoms with Gasteiger partial charge in [-0.2, -0.15) is 0 Å². The van der Waals surface area contributed by atoms with E-state index in [-0.39, 0.29) is 0 Å². The molecule has 0 bridgehead atoms. The van der Waals surface area contributed by atoms with Crippen LogP contribution in [-0.4, -0.2) is 26.1 Å². The van der Waals surface area contributed by atoms with Crippen molar-refractivity contribution in [3.05, 3.63) is 23.8 Å². The van der Waals surface area contributed by atoms with E-state index in [1.54, 1.807) is 11.8 Å². The number of halogens is 1. The maximum absolute atomic E-state index is 14.9. The summed E-state index contributed by atoms with van der Waals surface area (Å²) in [6, 6.07) is 5.99. The molecule has 0 aromatic heterocycles. The summed E-state index contributed by atoms with van der Waals surface area (Å²) >= 11 is 1.64. The number of fused-ring (bicyclic) bond motifs is 3. The third-order valence-corrected chi connectivity index (χ3v) is 4.24. The van der Waals surface area contributed by atoms with Crippen LogP contribution in [0.4, 0.5) is 10.1 Å². The lowest BCUT2D eigenvalue weighted by Crippen LogP contribution is -2.36. The van der Waals surface area contributed by atoms with Crippen LogP contribution >= 0.6 is 11.8 Å². The molecule has 2 aliphatic heterocycles. The van der Waals surface area contributed by atoms with Crippen LogP contribution in [0, 0.1) is 0 Å². The second kappa shape index (κ2) is 3.37. The molecule has 0 amide bonds. The van der Waals surface area contributed by atoms with Crippen molar-refractivity contribution in [1.82, 2.24) is 0 Å². The molecule has 0 radical (unpaired) electrons. The van der Waals surface area contributed by atoms with Gasteiger partial charge in [0.15, 0.2) is 11.9 Å². The van der Waals surface area contributed by atoms with Gasteiger partial charge in [0, 0.05) is 29.6 Å². The molecule has 86 valence electrons. The van der Waals surface area contributed by atoms with E-state index in [4.69, 9.17) is 4.74 Å². The number of hydrogen-bond donors (Lipinski definition) is 0. The highest BCUT2D eigenvalue weighted by molar-refractivity contribution is 7.98. The Labute approximate surface area is 98.8 Å². The lowest BCUT2D eigenvalue weighted by Gasteiger charge is -2.23. The molecule has 1 saturated heterocycles. The summed E-state index contributed by atoms with van der Waals surface area (Å²) in [5.74, 6) is 0. The van der Waals surface area contributed by atoms with Crippen LogP contribution in [0.25, 0.3) is 0 Å². The van der Waals surface area contributed by atoms with Crippen LogP contribution in [-0.2, 0) is 10.4 Å². The van der Waals surface area contributed by atoms with Gasteiger partial charge in [0.2, 0.25) is 0 Å². The molecule has 1 aromatic rings. The molecule has 2 aliphatic rings. The highest BCUT2D eigenvalue weighted by atomic mass is 32.2. The third-order valence-electron chi connectivity index (χ3n) is 3.52. The highest BCUT2D eigenvalue weighted by Gasteiger charge is 2.55. The Kier molecular flexibility index (Phi) is 2.20. The average Bonchev–Trinajstić information content (AvgIpc) is 2.78. The van der Waals surface area contributed by atoms with Gasteiger partial charge in [-0.1, -0.05) is 0 Å². The summed E-state index contributed by atoms with van der Waals surface area (Å²) in [5, 5.41) is 0. The number of thioether (sulfide) groups is 1. The summed E-state index contributed by atoms with van der Waals surface area (Å²) in [7, 11) is 1.90. The van der Waals surface area contributed by atoms with Gasteiger partial charge in [0.05, 0.1) is 6.61 Å². The molecule has 16 heavy (non-hydrogen) atoms. The summed E-state index contributed by atoms with van der Waals surface area (Å²) in [6.07, 6.45) is 2.04. The number of alkyl halides is 1. The maximum atomic E-state index is 14.9. The summed E-state index contributed by atoms with van der Waals surface area (Å²) < 4.78 is 20.4. The predicted molar refractivity (Wildman–Crippen MR) is 63.8 cm³/mol. The summed E-state index contributed by atoms with van der Waals surface area (Å²) in [6.45, 7) is 0.508. The van der Waals surface area contributed by atoms with Crippen molar-refractivity contribution in [1.29, 1.82) is 0 Å². The molecular formula is C12H14FNOS. The Hall–Kier alpha value is -0.740. The van der Waals surface area contributed by atoms with Crippen molar-refractivity contribution >= 4 is 17.4 Å². The first kappa shape index (κ1) is 10.4. The minimum Gasteiger partial charge on any atom is -0.354 e. The van der Waals surface area contributed by atoms with Gasteiger partial charge < -0.3 is 9.64 Å². The SMILES string of the molecule is CSc1ccc2c(c1)[C@]1(F)CCO[C@@H]1N2C. The zero-order valence-electron chi connectivity index (χ0n) is 9.37. The van der Waals surface area contributed by atoms with Gasteiger partial charge in [-0.05, 0) is 24.5 Å². The monoisotopic (exact) mass is 239 g/mol. The number of likely N-dealkylation sites (N-methyl/N-ethyl adjacent to an activating group) is 1. The van der Waals surface area contributed by atoms with E-state index in [1.807, 2.05) is 36.4 Å². The molecule has 2 heterocycles.